The molecule has 0 aromatic heterocycles. The van der Waals surface area contributed by atoms with Crippen molar-refractivity contribution in [3.8, 4) is 11.5 Å². The molecule has 9 heteroatoms. The molecule has 2 aromatic carbocycles. The van der Waals surface area contributed by atoms with Gasteiger partial charge in [0.1, 0.15) is 19.3 Å². The molecule has 0 bridgehead atoms. The first-order valence-corrected chi connectivity index (χ1v) is 8.89. The van der Waals surface area contributed by atoms with E-state index in [4.69, 9.17) is 43.7 Å². The van der Waals surface area contributed by atoms with Crippen molar-refractivity contribution in [2.24, 2.45) is 0 Å². The Labute approximate surface area is 179 Å². The van der Waals surface area contributed by atoms with E-state index in [2.05, 4.69) is 0 Å². The normalized spacial score (nSPS) is 14.2. The van der Waals surface area contributed by atoms with E-state index in [1.165, 1.54) is 19.2 Å². The zero-order valence-corrected chi connectivity index (χ0v) is 16.6. The summed E-state index contributed by atoms with van der Waals surface area (Å²) in [5.41, 5.74) is 12.6. The highest BCUT2D eigenvalue weighted by atomic mass is 16.5. The van der Waals surface area contributed by atoms with Crippen molar-refractivity contribution in [3.05, 3.63) is 47.5 Å². The summed E-state index contributed by atoms with van der Waals surface area (Å²) >= 11 is 0. The second-order valence-electron chi connectivity index (χ2n) is 6.03. The highest BCUT2D eigenvalue weighted by Gasteiger charge is 2.07. The molecule has 1 aliphatic heterocycles. The number of rotatable bonds is 4. The highest BCUT2D eigenvalue weighted by Crippen LogP contribution is 2.19. The van der Waals surface area contributed by atoms with E-state index in [1.54, 1.807) is 31.4 Å². The van der Waals surface area contributed by atoms with Crippen LogP contribution in [-0.2, 0) is 11.3 Å². The Bertz CT molecular complexity index is 782. The number of nitrogens with two attached hydrogens (primary N) is 2. The Kier molecular flexibility index (Phi) is 12.8. The zero-order valence-electron chi connectivity index (χ0n) is 16.6. The Morgan fingerprint density at radius 1 is 1.13 bits per heavy atom. The van der Waals surface area contributed by atoms with Crippen LogP contribution in [0.2, 0.25) is 0 Å². The molecule has 6 N–H and O–H groups in total. The first-order valence-electron chi connectivity index (χ1n) is 8.89. The number of carbonyl (C=O) groups is 1. The van der Waals surface area contributed by atoms with Crippen molar-refractivity contribution >= 4 is 25.2 Å². The van der Waals surface area contributed by atoms with Crippen LogP contribution in [0.1, 0.15) is 36.2 Å². The molecule has 8 nitrogen and oxygen atoms in total. The number of nitrogen functional groups attached to an aromatic ring is 2. The summed E-state index contributed by atoms with van der Waals surface area (Å²) in [7, 11) is 8.38. The Morgan fingerprint density at radius 3 is 2.03 bits per heavy atom. The summed E-state index contributed by atoms with van der Waals surface area (Å²) in [5.74, 6) is 0.229. The number of methoxy groups -OCH3 is 2. The summed E-state index contributed by atoms with van der Waals surface area (Å²) < 4.78 is 14.7. The second kappa shape index (κ2) is 14.1. The van der Waals surface area contributed by atoms with E-state index in [1.807, 2.05) is 0 Å². The van der Waals surface area contributed by atoms with E-state index >= 15 is 0 Å². The van der Waals surface area contributed by atoms with Gasteiger partial charge in [-0.15, -0.1) is 0 Å². The number of aliphatic hydroxyl groups is 1. The number of aliphatic hydroxyl groups excluding tert-OH is 1. The summed E-state index contributed by atoms with van der Waals surface area (Å²) in [5, 5.41) is 17.4. The van der Waals surface area contributed by atoms with Gasteiger partial charge in [-0.3, -0.25) is 0 Å². The van der Waals surface area contributed by atoms with Crippen LogP contribution in [-0.4, -0.2) is 50.9 Å². The maximum Gasteiger partial charge on any atom is 0.337 e. The van der Waals surface area contributed by atoms with Gasteiger partial charge in [-0.2, -0.15) is 0 Å². The molecule has 2 radical (unpaired) electrons. The minimum absolute atomic E-state index is 0. The number of carboxylic acid groups (broad SMARTS) is 1. The topological polar surface area (TPSA) is 137 Å². The molecule has 30 heavy (non-hydrogen) atoms. The van der Waals surface area contributed by atoms with Crippen molar-refractivity contribution in [3.63, 3.8) is 0 Å². The van der Waals surface area contributed by atoms with Crippen LogP contribution in [0.5, 0.6) is 11.5 Å². The minimum atomic E-state index is -1.03. The van der Waals surface area contributed by atoms with Crippen molar-refractivity contribution < 1.29 is 29.2 Å². The molecule has 1 fully saturated rings. The Balaban J connectivity index is 0.000000434. The van der Waals surface area contributed by atoms with Gasteiger partial charge in [-0.05, 0) is 31.0 Å². The third-order valence-corrected chi connectivity index (χ3v) is 3.98. The van der Waals surface area contributed by atoms with Crippen LogP contribution >= 0.6 is 0 Å². The summed E-state index contributed by atoms with van der Waals surface area (Å²) in [6.07, 6.45) is 2.18. The molecule has 1 unspecified atom stereocenters. The number of aromatic carboxylic acids is 1. The van der Waals surface area contributed by atoms with Gasteiger partial charge in [-0.25, -0.2) is 4.79 Å². The lowest BCUT2D eigenvalue weighted by molar-refractivity contribution is 0.0698. The summed E-state index contributed by atoms with van der Waals surface area (Å²) in [4.78, 5) is 10.5. The molecule has 0 aliphatic carbocycles. The Morgan fingerprint density at radius 2 is 1.70 bits per heavy atom. The molecule has 1 aliphatic rings. The molecule has 0 amide bonds. The van der Waals surface area contributed by atoms with Crippen LogP contribution in [0.15, 0.2) is 36.4 Å². The van der Waals surface area contributed by atoms with Crippen molar-refractivity contribution in [1.29, 1.82) is 0 Å². The number of ether oxygens (including phenoxy) is 3. The quantitative estimate of drug-likeness (QED) is 0.439. The van der Waals surface area contributed by atoms with E-state index in [-0.39, 0.29) is 31.3 Å². The number of hydrogen-bond donors (Lipinski definition) is 4. The van der Waals surface area contributed by atoms with E-state index in [0.717, 1.165) is 25.0 Å². The molecule has 1 atom stereocenters. The predicted molar refractivity (Wildman–Crippen MR) is 119 cm³/mol. The van der Waals surface area contributed by atoms with Crippen molar-refractivity contribution in [2.45, 2.75) is 32.9 Å². The maximum atomic E-state index is 10.5. The van der Waals surface area contributed by atoms with Gasteiger partial charge < -0.3 is 35.9 Å². The predicted octanol–water partition coefficient (Wildman–Crippen LogP) is 2.67. The standard InChI is InChI=1S/C8H9NO3.C8H11NO2.C4H7BO.CH4/c1-12-5-2-3-6(8(10)11)7(9)4-5;1-11-7-3-2-6(5-10)8(9)4-7;5-4-2-1-3-6-4;/h2-4H,9H2,1H3,(H,10,11);2-4,10H,5,9H2,1H3;4H,1-3H2;1H4. The lowest BCUT2D eigenvalue weighted by atomic mass is 9.98. The van der Waals surface area contributed by atoms with Crippen LogP contribution < -0.4 is 20.9 Å². The average molecular weight is 418 g/mol. The van der Waals surface area contributed by atoms with Crippen molar-refractivity contribution in [2.75, 3.05) is 32.3 Å². The monoisotopic (exact) mass is 418 g/mol. The number of carboxylic acids is 1. The minimum Gasteiger partial charge on any atom is -0.497 e. The van der Waals surface area contributed by atoms with Crippen molar-refractivity contribution in [1.82, 2.24) is 0 Å². The SMILES string of the molecule is C.COc1ccc(C(=O)O)c(N)c1.COc1ccc(CO)c(N)c1.[B]C1CCCO1. The van der Waals surface area contributed by atoms with Gasteiger partial charge in [0, 0.05) is 41.7 Å². The third kappa shape index (κ3) is 9.06. The highest BCUT2D eigenvalue weighted by molar-refractivity contribution is 6.11. The van der Waals surface area contributed by atoms with E-state index < -0.39 is 5.97 Å². The van der Waals surface area contributed by atoms with Crippen LogP contribution in [0.3, 0.4) is 0 Å². The number of hydrogen-bond acceptors (Lipinski definition) is 7. The van der Waals surface area contributed by atoms with Gasteiger partial charge in [0.05, 0.1) is 26.4 Å². The van der Waals surface area contributed by atoms with Gasteiger partial charge in [0.25, 0.3) is 0 Å². The molecular formula is C21H31BN2O6. The maximum absolute atomic E-state index is 10.5. The molecule has 1 saturated heterocycles. The van der Waals surface area contributed by atoms with Gasteiger partial charge in [0.2, 0.25) is 0 Å². The van der Waals surface area contributed by atoms with E-state index in [9.17, 15) is 4.79 Å². The lowest BCUT2D eigenvalue weighted by Crippen LogP contribution is -2.02. The molecule has 164 valence electrons. The third-order valence-electron chi connectivity index (χ3n) is 3.98. The largest absolute Gasteiger partial charge is 0.497 e. The number of benzene rings is 2. The second-order valence-corrected chi connectivity index (χ2v) is 6.03. The molecule has 0 saturated carbocycles. The fourth-order valence-corrected chi connectivity index (χ4v) is 2.31. The Hall–Kier alpha value is -2.91. The molecule has 1 heterocycles. The van der Waals surface area contributed by atoms with Gasteiger partial charge >= 0.3 is 5.97 Å². The first-order chi connectivity index (χ1) is 13.8. The van der Waals surface area contributed by atoms with Crippen LogP contribution in [0.25, 0.3) is 0 Å². The molecule has 3 rings (SSSR count). The molecule has 2 aromatic rings. The smallest absolute Gasteiger partial charge is 0.337 e. The van der Waals surface area contributed by atoms with Crippen LogP contribution in [0, 0.1) is 0 Å². The lowest BCUT2D eigenvalue weighted by Gasteiger charge is -2.04. The fourth-order valence-electron chi connectivity index (χ4n) is 2.31. The summed E-state index contributed by atoms with van der Waals surface area (Å²) in [6, 6.07) is 9.69. The average Bonchev–Trinajstić information content (AvgIpc) is 3.19. The van der Waals surface area contributed by atoms with Gasteiger partial charge in [-0.1, -0.05) is 13.5 Å². The molecular weight excluding hydrogens is 387 g/mol. The van der Waals surface area contributed by atoms with E-state index in [0.29, 0.717) is 17.2 Å². The zero-order chi connectivity index (χ0) is 21.8. The molecule has 0 spiro atoms. The number of anilines is 2. The van der Waals surface area contributed by atoms with Crippen LogP contribution in [0.4, 0.5) is 11.4 Å². The van der Waals surface area contributed by atoms with Gasteiger partial charge in [0.15, 0.2) is 0 Å². The first kappa shape index (κ1) is 27.1. The fraction of sp³-hybridized carbons (Fsp3) is 0.381. The summed E-state index contributed by atoms with van der Waals surface area (Å²) in [6.45, 7) is 0.830.